The number of nitrogens with zero attached hydrogens (tertiary/aromatic N) is 1. The van der Waals surface area contributed by atoms with E-state index in [1.807, 2.05) is 19.1 Å². The third kappa shape index (κ3) is 5.18. The van der Waals surface area contributed by atoms with Crippen LogP contribution in [0, 0.1) is 6.92 Å². The van der Waals surface area contributed by atoms with Gasteiger partial charge in [-0.05, 0) is 92.2 Å². The first-order chi connectivity index (χ1) is 13.9. The number of nitrogens with one attached hydrogen (secondary N) is 1. The highest BCUT2D eigenvalue weighted by atomic mass is 16.5. The first-order valence-electron chi connectivity index (χ1n) is 10.7. The highest BCUT2D eigenvalue weighted by Gasteiger charge is 2.18. The molecule has 1 aliphatic rings. The topological polar surface area (TPSA) is 41.6 Å². The van der Waals surface area contributed by atoms with Gasteiger partial charge in [0.1, 0.15) is 5.75 Å². The summed E-state index contributed by atoms with van der Waals surface area (Å²) in [5, 5.41) is 3.16. The number of benzene rings is 2. The molecule has 1 amide bonds. The van der Waals surface area contributed by atoms with Gasteiger partial charge in [0.05, 0.1) is 13.2 Å². The summed E-state index contributed by atoms with van der Waals surface area (Å²) in [5.41, 5.74) is 5.40. The molecule has 1 saturated heterocycles. The zero-order chi connectivity index (χ0) is 21.0. The van der Waals surface area contributed by atoms with E-state index in [-0.39, 0.29) is 11.9 Å². The number of hydrogen-bond acceptors (Lipinski definition) is 3. The van der Waals surface area contributed by atoms with Gasteiger partial charge in [0.2, 0.25) is 0 Å². The normalized spacial score (nSPS) is 15.5. The van der Waals surface area contributed by atoms with Crippen LogP contribution in [0.2, 0.25) is 0 Å². The molecule has 0 aliphatic carbocycles. The molecular weight excluding hydrogens is 360 g/mol. The Morgan fingerprint density at radius 2 is 1.72 bits per heavy atom. The second-order valence-corrected chi connectivity index (χ2v) is 8.48. The van der Waals surface area contributed by atoms with Crippen LogP contribution in [0.1, 0.15) is 78.2 Å². The minimum atomic E-state index is -0.0739. The van der Waals surface area contributed by atoms with E-state index in [0.29, 0.717) is 11.5 Å². The van der Waals surface area contributed by atoms with E-state index >= 15 is 0 Å². The molecule has 1 fully saturated rings. The molecule has 0 radical (unpaired) electrons. The lowest BCUT2D eigenvalue weighted by atomic mass is 9.93. The van der Waals surface area contributed by atoms with Crippen molar-refractivity contribution in [2.45, 2.75) is 59.0 Å². The van der Waals surface area contributed by atoms with Gasteiger partial charge < -0.3 is 10.1 Å². The molecule has 1 N–H and O–H groups in total. The Labute approximate surface area is 175 Å². The van der Waals surface area contributed by atoms with Crippen molar-refractivity contribution in [3.63, 3.8) is 0 Å². The fraction of sp³-hybridized carbons (Fsp3) is 0.480. The highest BCUT2D eigenvalue weighted by Crippen LogP contribution is 2.32. The summed E-state index contributed by atoms with van der Waals surface area (Å²) in [6, 6.07) is 12.2. The Hall–Kier alpha value is -2.33. The summed E-state index contributed by atoms with van der Waals surface area (Å²) in [5.74, 6) is 1.23. The average molecular weight is 395 g/mol. The minimum Gasteiger partial charge on any atom is -0.496 e. The summed E-state index contributed by atoms with van der Waals surface area (Å²) in [6.45, 7) is 11.8. The SMILES string of the molecule is COc1cc(C)c(C(C)NC(=O)c2ccc(CN3CCCC3)cc2)cc1C(C)C. The predicted molar refractivity (Wildman–Crippen MR) is 119 cm³/mol. The summed E-state index contributed by atoms with van der Waals surface area (Å²) in [7, 11) is 1.71. The Balaban J connectivity index is 1.69. The van der Waals surface area contributed by atoms with E-state index in [4.69, 9.17) is 4.74 Å². The van der Waals surface area contributed by atoms with Crippen LogP contribution in [0.3, 0.4) is 0 Å². The number of rotatable bonds is 7. The van der Waals surface area contributed by atoms with Crippen LogP contribution in [0.5, 0.6) is 5.75 Å². The lowest BCUT2D eigenvalue weighted by Gasteiger charge is -2.21. The van der Waals surface area contributed by atoms with Gasteiger partial charge in [0, 0.05) is 12.1 Å². The molecule has 0 aromatic heterocycles. The molecule has 1 heterocycles. The summed E-state index contributed by atoms with van der Waals surface area (Å²) in [6.07, 6.45) is 2.59. The van der Waals surface area contributed by atoms with Gasteiger partial charge in [-0.15, -0.1) is 0 Å². The summed E-state index contributed by atoms with van der Waals surface area (Å²) < 4.78 is 5.54. The molecule has 1 aliphatic heterocycles. The molecule has 0 spiro atoms. The van der Waals surface area contributed by atoms with Gasteiger partial charge in [-0.3, -0.25) is 9.69 Å². The van der Waals surface area contributed by atoms with Crippen LogP contribution >= 0.6 is 0 Å². The fourth-order valence-electron chi connectivity index (χ4n) is 4.13. The first-order valence-corrected chi connectivity index (χ1v) is 10.7. The van der Waals surface area contributed by atoms with Crippen LogP contribution in [-0.4, -0.2) is 31.0 Å². The monoisotopic (exact) mass is 394 g/mol. The number of ether oxygens (including phenoxy) is 1. The van der Waals surface area contributed by atoms with Crippen molar-refractivity contribution in [3.8, 4) is 5.75 Å². The molecule has 1 atom stereocenters. The van der Waals surface area contributed by atoms with Gasteiger partial charge in [-0.25, -0.2) is 0 Å². The van der Waals surface area contributed by atoms with Crippen LogP contribution in [0.4, 0.5) is 0 Å². The minimum absolute atomic E-state index is 0.0356. The van der Waals surface area contributed by atoms with E-state index in [0.717, 1.165) is 23.4 Å². The zero-order valence-electron chi connectivity index (χ0n) is 18.4. The maximum atomic E-state index is 12.8. The fourth-order valence-corrected chi connectivity index (χ4v) is 4.13. The molecule has 156 valence electrons. The molecule has 1 unspecified atom stereocenters. The smallest absolute Gasteiger partial charge is 0.251 e. The van der Waals surface area contributed by atoms with Gasteiger partial charge in [-0.1, -0.05) is 26.0 Å². The molecule has 3 rings (SSSR count). The van der Waals surface area contributed by atoms with Crippen molar-refractivity contribution in [2.75, 3.05) is 20.2 Å². The predicted octanol–water partition coefficient (Wildman–Crippen LogP) is 5.21. The maximum Gasteiger partial charge on any atom is 0.251 e. The molecule has 0 bridgehead atoms. The Morgan fingerprint density at radius 3 is 2.31 bits per heavy atom. The second kappa shape index (κ2) is 9.45. The number of hydrogen-bond donors (Lipinski definition) is 1. The van der Waals surface area contributed by atoms with Crippen LogP contribution in [0.15, 0.2) is 36.4 Å². The van der Waals surface area contributed by atoms with Gasteiger partial charge in [-0.2, -0.15) is 0 Å². The van der Waals surface area contributed by atoms with Gasteiger partial charge >= 0.3 is 0 Å². The Kier molecular flexibility index (Phi) is 6.96. The molecule has 2 aromatic carbocycles. The van der Waals surface area contributed by atoms with Crippen molar-refractivity contribution in [3.05, 3.63) is 64.2 Å². The van der Waals surface area contributed by atoms with Crippen molar-refractivity contribution in [1.82, 2.24) is 10.2 Å². The lowest BCUT2D eigenvalue weighted by Crippen LogP contribution is -2.27. The number of carbonyl (C=O) groups is 1. The second-order valence-electron chi connectivity index (χ2n) is 8.48. The summed E-state index contributed by atoms with van der Waals surface area (Å²) in [4.78, 5) is 15.3. The van der Waals surface area contributed by atoms with Crippen LogP contribution < -0.4 is 10.1 Å². The van der Waals surface area contributed by atoms with Crippen LogP contribution in [0.25, 0.3) is 0 Å². The van der Waals surface area contributed by atoms with E-state index in [1.54, 1.807) is 7.11 Å². The standard InChI is InChI=1S/C25H34N2O2/c1-17(2)22-15-23(18(3)14-24(22)29-5)19(4)26-25(28)21-10-8-20(9-11-21)16-27-12-6-7-13-27/h8-11,14-15,17,19H,6-7,12-13,16H2,1-5H3,(H,26,28). The molecular formula is C25H34N2O2. The highest BCUT2D eigenvalue weighted by molar-refractivity contribution is 5.94. The van der Waals surface area contributed by atoms with E-state index in [1.165, 1.54) is 37.1 Å². The quantitative estimate of drug-likeness (QED) is 0.700. The van der Waals surface area contributed by atoms with Crippen molar-refractivity contribution in [2.24, 2.45) is 0 Å². The Morgan fingerprint density at radius 1 is 1.07 bits per heavy atom. The van der Waals surface area contributed by atoms with E-state index in [9.17, 15) is 4.79 Å². The number of carbonyl (C=O) groups excluding carboxylic acids is 1. The summed E-state index contributed by atoms with van der Waals surface area (Å²) >= 11 is 0. The third-order valence-corrected chi connectivity index (χ3v) is 5.88. The molecule has 0 saturated carbocycles. The number of likely N-dealkylation sites (tertiary alicyclic amines) is 1. The largest absolute Gasteiger partial charge is 0.496 e. The lowest BCUT2D eigenvalue weighted by molar-refractivity contribution is 0.0940. The van der Waals surface area contributed by atoms with Crippen molar-refractivity contribution in [1.29, 1.82) is 0 Å². The maximum absolute atomic E-state index is 12.8. The average Bonchev–Trinajstić information content (AvgIpc) is 3.20. The third-order valence-electron chi connectivity index (χ3n) is 5.88. The zero-order valence-corrected chi connectivity index (χ0v) is 18.4. The first kappa shape index (κ1) is 21.4. The van der Waals surface area contributed by atoms with Crippen LogP contribution in [-0.2, 0) is 6.54 Å². The van der Waals surface area contributed by atoms with E-state index in [2.05, 4.69) is 55.3 Å². The van der Waals surface area contributed by atoms with Crippen molar-refractivity contribution < 1.29 is 9.53 Å². The molecule has 4 nitrogen and oxygen atoms in total. The molecule has 29 heavy (non-hydrogen) atoms. The Bertz CT molecular complexity index is 837. The molecule has 2 aromatic rings. The van der Waals surface area contributed by atoms with Crippen molar-refractivity contribution >= 4 is 5.91 Å². The number of aryl methyl sites for hydroxylation is 1. The number of amides is 1. The molecule has 4 heteroatoms. The van der Waals surface area contributed by atoms with Gasteiger partial charge in [0.25, 0.3) is 5.91 Å². The van der Waals surface area contributed by atoms with Gasteiger partial charge in [0.15, 0.2) is 0 Å². The van der Waals surface area contributed by atoms with E-state index < -0.39 is 0 Å². The number of methoxy groups -OCH3 is 1.